The maximum absolute atomic E-state index is 6.11. The van der Waals surface area contributed by atoms with Gasteiger partial charge in [-0.2, -0.15) is 0 Å². The Morgan fingerprint density at radius 3 is 2.53 bits per heavy atom. The second-order valence-corrected chi connectivity index (χ2v) is 11.2. The highest BCUT2D eigenvalue weighted by Gasteiger charge is 2.37. The van der Waals surface area contributed by atoms with Gasteiger partial charge in [-0.15, -0.1) is 5.54 Å². The van der Waals surface area contributed by atoms with Crippen LogP contribution in [-0.2, 0) is 10.3 Å². The lowest BCUT2D eigenvalue weighted by molar-refractivity contribution is -0.0268. The highest BCUT2D eigenvalue weighted by Crippen LogP contribution is 2.44. The van der Waals surface area contributed by atoms with E-state index in [1.54, 1.807) is 7.11 Å². The molecule has 0 saturated carbocycles. The summed E-state index contributed by atoms with van der Waals surface area (Å²) >= 11 is 0. The van der Waals surface area contributed by atoms with E-state index in [4.69, 9.17) is 9.47 Å². The van der Waals surface area contributed by atoms with Crippen molar-refractivity contribution in [2.75, 3.05) is 7.11 Å². The first kappa shape index (κ1) is 14.2. The van der Waals surface area contributed by atoms with Gasteiger partial charge in [0.1, 0.15) is 19.9 Å². The first-order valence-corrected chi connectivity index (χ1v) is 10.1. The van der Waals surface area contributed by atoms with Gasteiger partial charge in [-0.1, -0.05) is 31.6 Å². The van der Waals surface area contributed by atoms with Crippen LogP contribution in [-0.4, -0.2) is 15.2 Å². The van der Waals surface area contributed by atoms with Crippen LogP contribution in [0.5, 0.6) is 5.75 Å². The molecule has 2 nitrogen and oxygen atoms in total. The van der Waals surface area contributed by atoms with Crippen LogP contribution >= 0.6 is 0 Å². The van der Waals surface area contributed by atoms with Crippen LogP contribution in [0.25, 0.3) is 0 Å². The van der Waals surface area contributed by atoms with Crippen LogP contribution < -0.4 is 4.74 Å². The van der Waals surface area contributed by atoms with Crippen molar-refractivity contribution in [1.82, 2.24) is 0 Å². The smallest absolute Gasteiger partial charge is 0.144 e. The number of ether oxygens (including phenoxy) is 2. The molecule has 102 valence electrons. The average molecular weight is 274 g/mol. The van der Waals surface area contributed by atoms with Gasteiger partial charge in [0.15, 0.2) is 0 Å². The summed E-state index contributed by atoms with van der Waals surface area (Å²) in [6.45, 7) is 10.9. The van der Waals surface area contributed by atoms with E-state index in [2.05, 4.69) is 57.1 Å². The summed E-state index contributed by atoms with van der Waals surface area (Å²) in [5, 5.41) is 0. The zero-order valence-electron chi connectivity index (χ0n) is 12.6. The lowest BCUT2D eigenvalue weighted by atomic mass is 9.94. The molecule has 0 aliphatic carbocycles. The molecule has 0 spiro atoms. The number of hydrogen-bond donors (Lipinski definition) is 0. The van der Waals surface area contributed by atoms with Gasteiger partial charge in [-0.3, -0.25) is 0 Å². The molecule has 1 atom stereocenters. The highest BCUT2D eigenvalue weighted by molar-refractivity contribution is 6.83. The van der Waals surface area contributed by atoms with E-state index in [1.807, 2.05) is 6.07 Å². The second-order valence-electron chi connectivity index (χ2n) is 6.48. The summed E-state index contributed by atoms with van der Waals surface area (Å²) in [5.41, 5.74) is 5.46. The molecule has 19 heavy (non-hydrogen) atoms. The topological polar surface area (TPSA) is 18.5 Å². The maximum atomic E-state index is 6.11. The predicted molar refractivity (Wildman–Crippen MR) is 81.0 cm³/mol. The van der Waals surface area contributed by atoms with Gasteiger partial charge < -0.3 is 9.47 Å². The lowest BCUT2D eigenvalue weighted by Crippen LogP contribution is -2.18. The SMILES string of the molecule is COc1ccc2c(c1)C(C)(C)O[C@@H]2C#C[Si](C)(C)C. The standard InChI is InChI=1S/C16H22O2Si/c1-16(2)14-11-12(17-3)7-8-13(14)15(18-16)9-10-19(4,5)6/h7-8,11,15H,1-6H3/t15-/m1/s1. The monoisotopic (exact) mass is 274 g/mol. The van der Waals surface area contributed by atoms with E-state index in [1.165, 1.54) is 11.1 Å². The number of methoxy groups -OCH3 is 1. The van der Waals surface area contributed by atoms with E-state index < -0.39 is 8.07 Å². The molecule has 1 aromatic rings. The normalized spacial score (nSPS) is 20.4. The molecule has 3 heteroatoms. The van der Waals surface area contributed by atoms with E-state index in [0.717, 1.165) is 5.75 Å². The second kappa shape index (κ2) is 4.70. The average Bonchev–Trinajstić information content (AvgIpc) is 2.57. The van der Waals surface area contributed by atoms with Gasteiger partial charge in [0.05, 0.1) is 12.7 Å². The van der Waals surface area contributed by atoms with Crippen LogP contribution in [0.15, 0.2) is 18.2 Å². The fourth-order valence-corrected chi connectivity index (χ4v) is 2.79. The lowest BCUT2D eigenvalue weighted by Gasteiger charge is -2.19. The van der Waals surface area contributed by atoms with Crippen molar-refractivity contribution in [3.63, 3.8) is 0 Å². The van der Waals surface area contributed by atoms with Crippen molar-refractivity contribution in [3.05, 3.63) is 29.3 Å². The van der Waals surface area contributed by atoms with Crippen LogP contribution in [0.2, 0.25) is 19.6 Å². The predicted octanol–water partition coefficient (Wildman–Crippen LogP) is 3.88. The van der Waals surface area contributed by atoms with Crippen molar-refractivity contribution in [1.29, 1.82) is 0 Å². The minimum atomic E-state index is -1.38. The van der Waals surface area contributed by atoms with Gasteiger partial charge in [0.25, 0.3) is 0 Å². The Bertz CT molecular complexity index is 544. The van der Waals surface area contributed by atoms with Gasteiger partial charge in [0, 0.05) is 0 Å². The summed E-state index contributed by atoms with van der Waals surface area (Å²) in [5.74, 6) is 4.19. The zero-order chi connectivity index (χ0) is 14.3. The van der Waals surface area contributed by atoms with Crippen molar-refractivity contribution >= 4 is 8.07 Å². The Morgan fingerprint density at radius 1 is 1.26 bits per heavy atom. The Kier molecular flexibility index (Phi) is 3.50. The molecule has 0 radical (unpaired) electrons. The molecule has 1 aliphatic rings. The van der Waals surface area contributed by atoms with Gasteiger partial charge in [0.2, 0.25) is 0 Å². The molecule has 0 aromatic heterocycles. The van der Waals surface area contributed by atoms with Crippen LogP contribution in [0.3, 0.4) is 0 Å². The summed E-state index contributed by atoms with van der Waals surface area (Å²) < 4.78 is 11.4. The Hall–Kier alpha value is -1.24. The van der Waals surface area contributed by atoms with Gasteiger partial charge in [-0.25, -0.2) is 0 Å². The van der Waals surface area contributed by atoms with E-state index >= 15 is 0 Å². The largest absolute Gasteiger partial charge is 0.497 e. The molecule has 1 aliphatic heterocycles. The Labute approximate surface area is 117 Å². The molecular weight excluding hydrogens is 252 g/mol. The number of rotatable bonds is 1. The molecule has 1 heterocycles. The molecule has 0 unspecified atom stereocenters. The van der Waals surface area contributed by atoms with Gasteiger partial charge >= 0.3 is 0 Å². The summed E-state index contributed by atoms with van der Waals surface area (Å²) in [6, 6.07) is 6.12. The molecule has 0 fully saturated rings. The third-order valence-corrected chi connectivity index (χ3v) is 4.08. The van der Waals surface area contributed by atoms with Crippen molar-refractivity contribution in [3.8, 4) is 17.2 Å². The molecule has 0 bridgehead atoms. The molecular formula is C16H22O2Si. The van der Waals surface area contributed by atoms with Crippen molar-refractivity contribution in [2.24, 2.45) is 0 Å². The molecule has 0 saturated heterocycles. The molecule has 0 amide bonds. The Balaban J connectivity index is 2.42. The first-order valence-electron chi connectivity index (χ1n) is 6.62. The minimum Gasteiger partial charge on any atom is -0.497 e. The zero-order valence-corrected chi connectivity index (χ0v) is 13.6. The number of fused-ring (bicyclic) bond motifs is 1. The minimum absolute atomic E-state index is 0.109. The fourth-order valence-electron chi connectivity index (χ4n) is 2.22. The van der Waals surface area contributed by atoms with Crippen molar-refractivity contribution in [2.45, 2.75) is 45.2 Å². The molecule has 0 N–H and O–H groups in total. The number of hydrogen-bond acceptors (Lipinski definition) is 2. The summed E-state index contributed by atoms with van der Waals surface area (Å²) in [4.78, 5) is 0. The van der Waals surface area contributed by atoms with E-state index in [-0.39, 0.29) is 11.7 Å². The molecule has 1 aromatic carbocycles. The third-order valence-electron chi connectivity index (χ3n) is 3.18. The summed E-state index contributed by atoms with van der Waals surface area (Å²) in [6.07, 6.45) is -0.109. The van der Waals surface area contributed by atoms with E-state index in [0.29, 0.717) is 0 Å². The van der Waals surface area contributed by atoms with Crippen LogP contribution in [0, 0.1) is 11.5 Å². The fraction of sp³-hybridized carbons (Fsp3) is 0.500. The van der Waals surface area contributed by atoms with E-state index in [9.17, 15) is 0 Å². The van der Waals surface area contributed by atoms with Crippen molar-refractivity contribution < 1.29 is 9.47 Å². The maximum Gasteiger partial charge on any atom is 0.144 e. The summed E-state index contributed by atoms with van der Waals surface area (Å²) in [7, 11) is 0.312. The number of benzene rings is 1. The quantitative estimate of drug-likeness (QED) is 0.571. The molecule has 2 rings (SSSR count). The first-order chi connectivity index (χ1) is 8.73. The Morgan fingerprint density at radius 2 is 1.95 bits per heavy atom. The third kappa shape index (κ3) is 3.02. The van der Waals surface area contributed by atoms with Crippen LogP contribution in [0.4, 0.5) is 0 Å². The van der Waals surface area contributed by atoms with Gasteiger partial charge in [-0.05, 0) is 37.1 Å². The van der Waals surface area contributed by atoms with Crippen LogP contribution in [0.1, 0.15) is 31.1 Å². The highest BCUT2D eigenvalue weighted by atomic mass is 28.3.